The first kappa shape index (κ1) is 18.3. The van der Waals surface area contributed by atoms with Gasteiger partial charge in [-0.05, 0) is 69.6 Å². The number of amidine groups is 1. The molecule has 1 atom stereocenters. The highest BCUT2D eigenvalue weighted by Crippen LogP contribution is 2.51. The van der Waals surface area contributed by atoms with Crippen molar-refractivity contribution in [3.8, 4) is 0 Å². The van der Waals surface area contributed by atoms with Gasteiger partial charge in [0.1, 0.15) is 4.75 Å². The van der Waals surface area contributed by atoms with E-state index < -0.39 is 0 Å². The zero-order valence-electron chi connectivity index (χ0n) is 16.1. The first-order valence-electron chi connectivity index (χ1n) is 10.3. The Labute approximate surface area is 162 Å². The van der Waals surface area contributed by atoms with Crippen molar-refractivity contribution in [1.82, 2.24) is 10.2 Å². The van der Waals surface area contributed by atoms with Crippen LogP contribution in [0.2, 0.25) is 0 Å². The molecule has 5 nitrogen and oxygen atoms in total. The van der Waals surface area contributed by atoms with E-state index in [1.165, 1.54) is 32.1 Å². The number of hydrogen-bond acceptors (Lipinski definition) is 4. The first-order valence-corrected chi connectivity index (χ1v) is 11.1. The van der Waals surface area contributed by atoms with Crippen LogP contribution in [0.3, 0.4) is 0 Å². The Kier molecular flexibility index (Phi) is 4.82. The van der Waals surface area contributed by atoms with E-state index in [0.29, 0.717) is 5.92 Å². The highest BCUT2D eigenvalue weighted by atomic mass is 32.2. The highest BCUT2D eigenvalue weighted by molar-refractivity contribution is 8.16. The number of aliphatic imine (C=N–C) groups is 1. The van der Waals surface area contributed by atoms with Crippen molar-refractivity contribution >= 4 is 28.7 Å². The van der Waals surface area contributed by atoms with Gasteiger partial charge in [0.05, 0.1) is 5.54 Å². The van der Waals surface area contributed by atoms with E-state index >= 15 is 0 Å². The summed E-state index contributed by atoms with van der Waals surface area (Å²) in [6.45, 7) is 5.43. The minimum atomic E-state index is -0.366. The number of rotatable bonds is 4. The summed E-state index contributed by atoms with van der Waals surface area (Å²) in [5, 5.41) is 4.00. The average molecular weight is 380 g/mol. The number of hydrogen-bond donors (Lipinski definition) is 1. The number of nitrogens with zero attached hydrogens (tertiary/aromatic N) is 2. The molecule has 146 valence electrons. The van der Waals surface area contributed by atoms with Crippen LogP contribution >= 0.6 is 11.8 Å². The molecule has 2 bridgehead atoms. The SMILES string of the molecule is CCC1(CC2CCN(C(C)=O)CC2)SC(=NC23CCC(CC2)C3)NC1=O.[HH]. The smallest absolute Gasteiger partial charge is 0.242 e. The lowest BCUT2D eigenvalue weighted by molar-refractivity contribution is -0.130. The van der Waals surface area contributed by atoms with Crippen molar-refractivity contribution in [2.45, 2.75) is 81.9 Å². The van der Waals surface area contributed by atoms with E-state index in [-0.39, 0.29) is 23.5 Å². The van der Waals surface area contributed by atoms with Gasteiger partial charge in [-0.25, -0.2) is 0 Å². The summed E-state index contributed by atoms with van der Waals surface area (Å²) >= 11 is 1.70. The zero-order chi connectivity index (χ0) is 18.4. The molecule has 0 aromatic rings. The zero-order valence-corrected chi connectivity index (χ0v) is 16.9. The van der Waals surface area contributed by atoms with Gasteiger partial charge in [-0.3, -0.25) is 14.6 Å². The maximum atomic E-state index is 12.9. The number of fused-ring (bicyclic) bond motifs is 2. The molecule has 1 N–H and O–H groups in total. The third-order valence-electron chi connectivity index (χ3n) is 7.22. The van der Waals surface area contributed by atoms with Crippen LogP contribution in [0, 0.1) is 11.8 Å². The first-order chi connectivity index (χ1) is 12.4. The van der Waals surface area contributed by atoms with E-state index in [2.05, 4.69) is 12.2 Å². The van der Waals surface area contributed by atoms with Gasteiger partial charge < -0.3 is 10.2 Å². The lowest BCUT2D eigenvalue weighted by atomic mass is 9.85. The second-order valence-corrected chi connectivity index (χ2v) is 10.2. The lowest BCUT2D eigenvalue weighted by Crippen LogP contribution is -2.42. The molecule has 1 unspecified atom stereocenters. The molecule has 2 heterocycles. The fourth-order valence-corrected chi connectivity index (χ4v) is 6.84. The predicted octanol–water partition coefficient (Wildman–Crippen LogP) is 3.58. The number of nitrogens with one attached hydrogen (secondary N) is 1. The van der Waals surface area contributed by atoms with Crippen molar-refractivity contribution in [2.75, 3.05) is 13.1 Å². The number of piperidine rings is 1. The van der Waals surface area contributed by atoms with E-state index in [1.54, 1.807) is 18.7 Å². The summed E-state index contributed by atoms with van der Waals surface area (Å²) in [5.41, 5.74) is 0.122. The maximum absolute atomic E-state index is 12.9. The van der Waals surface area contributed by atoms with Crippen molar-refractivity contribution < 1.29 is 11.0 Å². The second kappa shape index (κ2) is 6.84. The van der Waals surface area contributed by atoms with Gasteiger partial charge in [0.2, 0.25) is 11.8 Å². The molecular formula is C20H33N3O2S. The third kappa shape index (κ3) is 3.30. The predicted molar refractivity (Wildman–Crippen MR) is 107 cm³/mol. The third-order valence-corrected chi connectivity index (χ3v) is 8.64. The highest BCUT2D eigenvalue weighted by Gasteiger charge is 2.50. The van der Waals surface area contributed by atoms with E-state index in [9.17, 15) is 9.59 Å². The lowest BCUT2D eigenvalue weighted by Gasteiger charge is -2.35. The molecule has 2 aliphatic carbocycles. The molecule has 2 amide bonds. The molecule has 6 heteroatoms. The van der Waals surface area contributed by atoms with Crippen molar-refractivity contribution in [2.24, 2.45) is 16.8 Å². The van der Waals surface area contributed by atoms with Crippen LogP contribution in [0.5, 0.6) is 0 Å². The van der Waals surface area contributed by atoms with Crippen LogP contribution in [-0.4, -0.2) is 45.3 Å². The van der Waals surface area contributed by atoms with Crippen LogP contribution < -0.4 is 5.32 Å². The van der Waals surface area contributed by atoms with E-state index in [1.807, 2.05) is 4.90 Å². The van der Waals surface area contributed by atoms with Gasteiger partial charge in [0.25, 0.3) is 0 Å². The van der Waals surface area contributed by atoms with Gasteiger partial charge in [-0.15, -0.1) is 0 Å². The van der Waals surface area contributed by atoms with Gasteiger partial charge >= 0.3 is 0 Å². The van der Waals surface area contributed by atoms with Gasteiger partial charge in [-0.1, -0.05) is 18.7 Å². The number of amides is 2. The van der Waals surface area contributed by atoms with Crippen molar-refractivity contribution in [1.29, 1.82) is 0 Å². The molecule has 0 aromatic heterocycles. The van der Waals surface area contributed by atoms with E-state index in [0.717, 1.165) is 49.9 Å². The van der Waals surface area contributed by atoms with Gasteiger partial charge in [0, 0.05) is 21.4 Å². The molecule has 4 fully saturated rings. The Morgan fingerprint density at radius 3 is 2.54 bits per heavy atom. The summed E-state index contributed by atoms with van der Waals surface area (Å²) in [6, 6.07) is 0. The molecule has 26 heavy (non-hydrogen) atoms. The number of carbonyl (C=O) groups excluding carboxylic acids is 2. The molecular weight excluding hydrogens is 346 g/mol. The Morgan fingerprint density at radius 2 is 2.00 bits per heavy atom. The fourth-order valence-electron chi connectivity index (χ4n) is 5.48. The molecule has 0 aromatic carbocycles. The van der Waals surface area contributed by atoms with Gasteiger partial charge in [0.15, 0.2) is 5.17 Å². The summed E-state index contributed by atoms with van der Waals surface area (Å²) < 4.78 is -0.366. The number of thioether (sulfide) groups is 1. The van der Waals surface area contributed by atoms with E-state index in [4.69, 9.17) is 4.99 Å². The summed E-state index contributed by atoms with van der Waals surface area (Å²) in [4.78, 5) is 31.4. The summed E-state index contributed by atoms with van der Waals surface area (Å²) in [6.07, 6.45) is 9.98. The molecule has 2 saturated heterocycles. The molecule has 2 saturated carbocycles. The van der Waals surface area contributed by atoms with Crippen LogP contribution in [-0.2, 0) is 9.59 Å². The minimum absolute atomic E-state index is 0. The standard InChI is InChI=1S/C20H31N3O2S.H2/c1-3-20(13-16-6-10-23(11-7-16)14(2)24)17(25)21-18(26-20)22-19-8-4-15(12-19)5-9-19;/h15-16H,3-13H2,1-2H3,(H,21,22,25);1H. The van der Waals surface area contributed by atoms with Crippen LogP contribution in [0.25, 0.3) is 0 Å². The second-order valence-electron chi connectivity index (χ2n) is 8.85. The fraction of sp³-hybridized carbons (Fsp3) is 0.850. The Balaban J connectivity index is 0.00000210. The molecule has 4 aliphatic rings. The molecule has 0 spiro atoms. The topological polar surface area (TPSA) is 61.8 Å². The van der Waals surface area contributed by atoms with Crippen LogP contribution in [0.1, 0.15) is 73.1 Å². The Bertz CT molecular complexity index is 625. The Morgan fingerprint density at radius 1 is 1.31 bits per heavy atom. The quantitative estimate of drug-likeness (QED) is 0.812. The molecule has 2 aliphatic heterocycles. The maximum Gasteiger partial charge on any atom is 0.242 e. The minimum Gasteiger partial charge on any atom is -0.343 e. The summed E-state index contributed by atoms with van der Waals surface area (Å²) in [5.74, 6) is 1.70. The van der Waals surface area contributed by atoms with Crippen LogP contribution in [0.4, 0.5) is 0 Å². The largest absolute Gasteiger partial charge is 0.343 e. The van der Waals surface area contributed by atoms with Crippen LogP contribution in [0.15, 0.2) is 4.99 Å². The van der Waals surface area contributed by atoms with Crippen molar-refractivity contribution in [3.63, 3.8) is 0 Å². The number of carbonyl (C=O) groups is 2. The van der Waals surface area contributed by atoms with Gasteiger partial charge in [-0.2, -0.15) is 0 Å². The average Bonchev–Trinajstić information content (AvgIpc) is 3.29. The van der Waals surface area contributed by atoms with Crippen molar-refractivity contribution in [3.05, 3.63) is 0 Å². The Hall–Kier alpha value is -1.04. The summed E-state index contributed by atoms with van der Waals surface area (Å²) in [7, 11) is 0. The molecule has 4 rings (SSSR count). The normalized spacial score (nSPS) is 39.0. The number of likely N-dealkylation sites (tertiary alicyclic amines) is 1. The monoisotopic (exact) mass is 379 g/mol. The molecule has 0 radical (unpaired) electrons.